The molecule has 0 saturated carbocycles. The van der Waals surface area contributed by atoms with Crippen LogP contribution in [0.5, 0.6) is 5.75 Å². The second-order valence-electron chi connectivity index (χ2n) is 5.85. The van der Waals surface area contributed by atoms with Gasteiger partial charge in [-0.25, -0.2) is 4.98 Å². The number of amides is 1. The lowest BCUT2D eigenvalue weighted by atomic mass is 10.2. The summed E-state index contributed by atoms with van der Waals surface area (Å²) >= 11 is 0. The van der Waals surface area contributed by atoms with Gasteiger partial charge in [0.15, 0.2) is 0 Å². The minimum atomic E-state index is -0.261. The van der Waals surface area contributed by atoms with Gasteiger partial charge in [0.05, 0.1) is 30.1 Å². The number of aromatic amines is 1. The summed E-state index contributed by atoms with van der Waals surface area (Å²) in [6.07, 6.45) is 3.34. The van der Waals surface area contributed by atoms with Crippen LogP contribution in [-0.4, -0.2) is 28.2 Å². The second kappa shape index (κ2) is 7.17. The normalized spacial score (nSPS) is 10.6. The SMILES string of the molecule is COc1ccccc1Nc1ncccc1C(=O)Nc1ccc2[nH]ncc2c1. The van der Waals surface area contributed by atoms with E-state index >= 15 is 0 Å². The maximum absolute atomic E-state index is 12.8. The largest absolute Gasteiger partial charge is 0.495 e. The Morgan fingerprint density at radius 3 is 2.89 bits per heavy atom. The standard InChI is InChI=1S/C20H17N5O2/c1-27-18-7-3-2-6-17(18)24-19-15(5-4-10-21-19)20(26)23-14-8-9-16-13(11-14)12-22-25-16/h2-12H,1H3,(H,21,24)(H,22,25)(H,23,26). The van der Waals surface area contributed by atoms with E-state index < -0.39 is 0 Å². The number of hydrogen-bond acceptors (Lipinski definition) is 5. The van der Waals surface area contributed by atoms with E-state index in [4.69, 9.17) is 4.74 Å². The molecule has 0 fully saturated rings. The molecular formula is C20H17N5O2. The second-order valence-corrected chi connectivity index (χ2v) is 5.85. The molecule has 4 aromatic rings. The van der Waals surface area contributed by atoms with Crippen LogP contribution >= 0.6 is 0 Å². The molecule has 0 aliphatic rings. The third kappa shape index (κ3) is 3.43. The molecule has 0 unspecified atom stereocenters. The molecule has 2 aromatic carbocycles. The van der Waals surface area contributed by atoms with Crippen molar-refractivity contribution in [1.82, 2.24) is 15.2 Å². The van der Waals surface area contributed by atoms with Gasteiger partial charge >= 0.3 is 0 Å². The molecule has 7 heteroatoms. The maximum atomic E-state index is 12.8. The molecule has 0 radical (unpaired) electrons. The summed E-state index contributed by atoms with van der Waals surface area (Å²) in [4.78, 5) is 17.1. The van der Waals surface area contributed by atoms with Gasteiger partial charge in [-0.1, -0.05) is 12.1 Å². The van der Waals surface area contributed by atoms with E-state index in [0.717, 1.165) is 16.6 Å². The summed E-state index contributed by atoms with van der Waals surface area (Å²) in [5, 5.41) is 13.9. The fraction of sp³-hybridized carbons (Fsp3) is 0.0500. The first-order valence-electron chi connectivity index (χ1n) is 8.34. The number of hydrogen-bond donors (Lipinski definition) is 3. The number of carbonyl (C=O) groups excluding carboxylic acids is 1. The summed E-state index contributed by atoms with van der Waals surface area (Å²) in [5.41, 5.74) is 2.75. The third-order valence-corrected chi connectivity index (χ3v) is 4.11. The number of ether oxygens (including phenoxy) is 1. The number of aromatic nitrogens is 3. The number of rotatable bonds is 5. The number of fused-ring (bicyclic) bond motifs is 1. The Bertz CT molecular complexity index is 1110. The van der Waals surface area contributed by atoms with Crippen molar-refractivity contribution in [2.24, 2.45) is 0 Å². The summed E-state index contributed by atoms with van der Waals surface area (Å²) in [7, 11) is 1.60. The number of para-hydroxylation sites is 2. The Morgan fingerprint density at radius 2 is 2.00 bits per heavy atom. The van der Waals surface area contributed by atoms with Gasteiger partial charge in [-0.05, 0) is 42.5 Å². The van der Waals surface area contributed by atoms with Crippen LogP contribution in [0.1, 0.15) is 10.4 Å². The molecule has 2 aromatic heterocycles. The first kappa shape index (κ1) is 16.6. The average molecular weight is 359 g/mol. The summed E-state index contributed by atoms with van der Waals surface area (Å²) < 4.78 is 5.35. The number of H-pyrrole nitrogens is 1. The van der Waals surface area contributed by atoms with Crippen LogP contribution in [0.3, 0.4) is 0 Å². The molecule has 0 spiro atoms. The Balaban J connectivity index is 1.60. The zero-order valence-electron chi connectivity index (χ0n) is 14.6. The monoisotopic (exact) mass is 359 g/mol. The quantitative estimate of drug-likeness (QED) is 0.502. The lowest BCUT2D eigenvalue weighted by Crippen LogP contribution is -2.14. The smallest absolute Gasteiger partial charge is 0.259 e. The van der Waals surface area contributed by atoms with E-state index in [-0.39, 0.29) is 5.91 Å². The number of carbonyl (C=O) groups is 1. The van der Waals surface area contributed by atoms with E-state index in [1.54, 1.807) is 31.6 Å². The third-order valence-electron chi connectivity index (χ3n) is 4.11. The van der Waals surface area contributed by atoms with Crippen molar-refractivity contribution in [3.05, 3.63) is 72.6 Å². The van der Waals surface area contributed by atoms with E-state index in [9.17, 15) is 4.79 Å². The van der Waals surface area contributed by atoms with E-state index in [2.05, 4.69) is 25.8 Å². The van der Waals surface area contributed by atoms with Gasteiger partial charge in [0.2, 0.25) is 0 Å². The summed E-state index contributed by atoms with van der Waals surface area (Å²) in [6.45, 7) is 0. The van der Waals surface area contributed by atoms with Crippen LogP contribution in [0.2, 0.25) is 0 Å². The van der Waals surface area contributed by atoms with Crippen LogP contribution in [0, 0.1) is 0 Å². The fourth-order valence-corrected chi connectivity index (χ4v) is 2.78. The molecule has 7 nitrogen and oxygen atoms in total. The first-order chi connectivity index (χ1) is 13.2. The van der Waals surface area contributed by atoms with Crippen molar-refractivity contribution in [2.75, 3.05) is 17.7 Å². The number of methoxy groups -OCH3 is 1. The highest BCUT2D eigenvalue weighted by atomic mass is 16.5. The van der Waals surface area contributed by atoms with E-state index in [1.807, 2.05) is 42.5 Å². The highest BCUT2D eigenvalue weighted by molar-refractivity contribution is 6.08. The van der Waals surface area contributed by atoms with Crippen molar-refractivity contribution in [1.29, 1.82) is 0 Å². The predicted octanol–water partition coefficient (Wildman–Crippen LogP) is 3.96. The lowest BCUT2D eigenvalue weighted by Gasteiger charge is -2.13. The van der Waals surface area contributed by atoms with Gasteiger partial charge < -0.3 is 15.4 Å². The number of nitrogens with one attached hydrogen (secondary N) is 3. The zero-order valence-corrected chi connectivity index (χ0v) is 14.6. The van der Waals surface area contributed by atoms with Gasteiger partial charge in [-0.2, -0.15) is 5.10 Å². The van der Waals surface area contributed by atoms with Gasteiger partial charge in [-0.15, -0.1) is 0 Å². The number of benzene rings is 2. The molecule has 4 rings (SSSR count). The van der Waals surface area contributed by atoms with Crippen molar-refractivity contribution < 1.29 is 9.53 Å². The Hall–Kier alpha value is -3.87. The van der Waals surface area contributed by atoms with Crippen LogP contribution in [0.4, 0.5) is 17.2 Å². The molecule has 27 heavy (non-hydrogen) atoms. The Kier molecular flexibility index (Phi) is 4.40. The molecule has 0 aliphatic carbocycles. The van der Waals surface area contributed by atoms with Crippen LogP contribution < -0.4 is 15.4 Å². The zero-order chi connectivity index (χ0) is 18.6. The Morgan fingerprint density at radius 1 is 1.11 bits per heavy atom. The van der Waals surface area contributed by atoms with Crippen molar-refractivity contribution in [2.45, 2.75) is 0 Å². The molecule has 2 heterocycles. The Labute approximate surface area is 155 Å². The van der Waals surface area contributed by atoms with Crippen molar-refractivity contribution >= 4 is 34.0 Å². The minimum absolute atomic E-state index is 0.261. The fourth-order valence-electron chi connectivity index (χ4n) is 2.78. The maximum Gasteiger partial charge on any atom is 0.259 e. The molecule has 1 amide bonds. The molecule has 3 N–H and O–H groups in total. The molecule has 134 valence electrons. The number of pyridine rings is 1. The molecule has 0 saturated heterocycles. The van der Waals surface area contributed by atoms with E-state index in [0.29, 0.717) is 22.8 Å². The minimum Gasteiger partial charge on any atom is -0.495 e. The highest BCUT2D eigenvalue weighted by Gasteiger charge is 2.14. The van der Waals surface area contributed by atoms with E-state index in [1.165, 1.54) is 0 Å². The summed E-state index contributed by atoms with van der Waals surface area (Å²) in [5.74, 6) is 0.854. The molecule has 0 atom stereocenters. The first-order valence-corrected chi connectivity index (χ1v) is 8.34. The topological polar surface area (TPSA) is 91.9 Å². The lowest BCUT2D eigenvalue weighted by molar-refractivity contribution is 0.102. The van der Waals surface area contributed by atoms with Gasteiger partial charge in [-0.3, -0.25) is 9.89 Å². The van der Waals surface area contributed by atoms with Crippen LogP contribution in [0.25, 0.3) is 10.9 Å². The van der Waals surface area contributed by atoms with Crippen LogP contribution in [-0.2, 0) is 0 Å². The van der Waals surface area contributed by atoms with Crippen molar-refractivity contribution in [3.63, 3.8) is 0 Å². The van der Waals surface area contributed by atoms with Crippen molar-refractivity contribution in [3.8, 4) is 5.75 Å². The van der Waals surface area contributed by atoms with Crippen LogP contribution in [0.15, 0.2) is 67.0 Å². The molecular weight excluding hydrogens is 342 g/mol. The van der Waals surface area contributed by atoms with Gasteiger partial charge in [0, 0.05) is 17.3 Å². The van der Waals surface area contributed by atoms with Gasteiger partial charge in [0.1, 0.15) is 11.6 Å². The highest BCUT2D eigenvalue weighted by Crippen LogP contribution is 2.28. The number of anilines is 3. The summed E-state index contributed by atoms with van der Waals surface area (Å²) in [6, 6.07) is 16.5. The van der Waals surface area contributed by atoms with Gasteiger partial charge in [0.25, 0.3) is 5.91 Å². The average Bonchev–Trinajstić information content (AvgIpc) is 3.16. The molecule has 0 bridgehead atoms. The predicted molar refractivity (Wildman–Crippen MR) is 105 cm³/mol. The molecule has 0 aliphatic heterocycles. The number of nitrogens with zero attached hydrogens (tertiary/aromatic N) is 2.